The van der Waals surface area contributed by atoms with Crippen LogP contribution in [-0.2, 0) is 0 Å². The number of rotatable bonds is 1. The molecule has 0 saturated carbocycles. The van der Waals surface area contributed by atoms with Crippen molar-refractivity contribution >= 4 is 17.0 Å². The van der Waals surface area contributed by atoms with Gasteiger partial charge in [-0.25, -0.2) is 0 Å². The average molecular weight is 215 g/mol. The minimum atomic E-state index is 0.460. The molecule has 0 aromatic carbocycles. The average Bonchev–Trinajstić information content (AvgIpc) is 2.65. The Hall–Kier alpha value is -1.86. The molecule has 3 nitrogen and oxygen atoms in total. The van der Waals surface area contributed by atoms with E-state index in [9.17, 15) is 0 Å². The number of hydrogen-bond acceptors (Lipinski definition) is 4. The molecule has 0 fully saturated rings. The highest BCUT2D eigenvalue weighted by Crippen LogP contribution is 2.31. The molecule has 0 aliphatic heterocycles. The van der Waals surface area contributed by atoms with E-state index < -0.39 is 0 Å². The lowest BCUT2D eigenvalue weighted by molar-refractivity contribution is 1.32. The Morgan fingerprint density at radius 1 is 1.40 bits per heavy atom. The van der Waals surface area contributed by atoms with E-state index in [4.69, 9.17) is 11.0 Å². The van der Waals surface area contributed by atoms with Gasteiger partial charge in [-0.15, -0.1) is 11.3 Å². The minimum absolute atomic E-state index is 0.460. The third-order valence-corrected chi connectivity index (χ3v) is 3.09. The molecule has 15 heavy (non-hydrogen) atoms. The Bertz CT molecular complexity index is 537. The summed E-state index contributed by atoms with van der Waals surface area (Å²) in [4.78, 5) is 6.41. The van der Waals surface area contributed by atoms with Crippen LogP contribution in [0.3, 0.4) is 0 Å². The molecule has 0 spiro atoms. The van der Waals surface area contributed by atoms with E-state index in [1.54, 1.807) is 23.6 Å². The largest absolute Gasteiger partial charge is 0.396 e. The van der Waals surface area contributed by atoms with Crippen molar-refractivity contribution in [3.63, 3.8) is 0 Å². The highest BCUT2D eigenvalue weighted by Gasteiger charge is 2.09. The summed E-state index contributed by atoms with van der Waals surface area (Å²) in [5.74, 6) is 0. The van der Waals surface area contributed by atoms with Gasteiger partial charge in [-0.2, -0.15) is 5.26 Å². The van der Waals surface area contributed by atoms with Crippen LogP contribution in [0.2, 0.25) is 0 Å². The number of anilines is 1. The number of nitriles is 1. The second kappa shape index (κ2) is 3.71. The SMILES string of the molecule is Cc1ccc(-c2nccc(C#N)c2N)s1. The minimum Gasteiger partial charge on any atom is -0.396 e. The summed E-state index contributed by atoms with van der Waals surface area (Å²) in [5.41, 5.74) is 7.50. The van der Waals surface area contributed by atoms with Crippen molar-refractivity contribution in [1.29, 1.82) is 5.26 Å². The van der Waals surface area contributed by atoms with Crippen LogP contribution in [0.5, 0.6) is 0 Å². The molecule has 0 amide bonds. The first-order valence-electron chi connectivity index (χ1n) is 4.44. The Morgan fingerprint density at radius 2 is 2.20 bits per heavy atom. The molecule has 0 saturated heterocycles. The standard InChI is InChI=1S/C11H9N3S/c1-7-2-3-9(15-7)11-10(13)8(6-12)4-5-14-11/h2-5H,13H2,1H3. The second-order valence-corrected chi connectivity index (χ2v) is 4.43. The van der Waals surface area contributed by atoms with Crippen molar-refractivity contribution in [1.82, 2.24) is 4.98 Å². The van der Waals surface area contributed by atoms with Gasteiger partial charge in [0.15, 0.2) is 0 Å². The highest BCUT2D eigenvalue weighted by molar-refractivity contribution is 7.15. The van der Waals surface area contributed by atoms with Crippen molar-refractivity contribution in [2.24, 2.45) is 0 Å². The Labute approximate surface area is 91.8 Å². The van der Waals surface area contributed by atoms with E-state index in [0.29, 0.717) is 16.9 Å². The fraction of sp³-hybridized carbons (Fsp3) is 0.0909. The molecular weight excluding hydrogens is 206 g/mol. The molecule has 74 valence electrons. The smallest absolute Gasteiger partial charge is 0.104 e. The van der Waals surface area contributed by atoms with Crippen LogP contribution in [0.4, 0.5) is 5.69 Å². The molecular formula is C11H9N3S. The lowest BCUT2D eigenvalue weighted by Crippen LogP contribution is -1.95. The van der Waals surface area contributed by atoms with Gasteiger partial charge in [0.1, 0.15) is 11.8 Å². The summed E-state index contributed by atoms with van der Waals surface area (Å²) in [6, 6.07) is 7.66. The van der Waals surface area contributed by atoms with Crippen LogP contribution in [0.15, 0.2) is 24.4 Å². The van der Waals surface area contributed by atoms with Crippen molar-refractivity contribution in [3.8, 4) is 16.6 Å². The molecule has 0 aliphatic carbocycles. The summed E-state index contributed by atoms with van der Waals surface area (Å²) in [6.07, 6.45) is 1.61. The molecule has 0 bridgehead atoms. The molecule has 2 aromatic heterocycles. The summed E-state index contributed by atoms with van der Waals surface area (Å²) in [5, 5.41) is 8.84. The van der Waals surface area contributed by atoms with Crippen molar-refractivity contribution in [2.75, 3.05) is 5.73 Å². The Balaban J connectivity index is 2.59. The van der Waals surface area contributed by atoms with Gasteiger partial charge < -0.3 is 5.73 Å². The predicted molar refractivity (Wildman–Crippen MR) is 61.4 cm³/mol. The number of aryl methyl sites for hydroxylation is 1. The molecule has 0 aliphatic rings. The molecule has 0 radical (unpaired) electrons. The Kier molecular flexibility index (Phi) is 2.40. The van der Waals surface area contributed by atoms with Gasteiger partial charge >= 0.3 is 0 Å². The maximum atomic E-state index is 8.84. The molecule has 4 heteroatoms. The van der Waals surface area contributed by atoms with Gasteiger partial charge in [-0.1, -0.05) is 0 Å². The fourth-order valence-corrected chi connectivity index (χ4v) is 2.21. The Morgan fingerprint density at radius 3 is 2.80 bits per heavy atom. The first-order valence-corrected chi connectivity index (χ1v) is 5.25. The van der Waals surface area contributed by atoms with Gasteiger partial charge in [-0.3, -0.25) is 4.98 Å². The van der Waals surface area contributed by atoms with Crippen LogP contribution in [0.1, 0.15) is 10.4 Å². The number of aromatic nitrogens is 1. The monoisotopic (exact) mass is 215 g/mol. The van der Waals surface area contributed by atoms with E-state index in [2.05, 4.69) is 11.1 Å². The summed E-state index contributed by atoms with van der Waals surface area (Å²) in [7, 11) is 0. The number of nitrogen functional groups attached to an aromatic ring is 1. The summed E-state index contributed by atoms with van der Waals surface area (Å²) in [6.45, 7) is 2.03. The second-order valence-electron chi connectivity index (χ2n) is 3.14. The van der Waals surface area contributed by atoms with Crippen molar-refractivity contribution in [2.45, 2.75) is 6.92 Å². The summed E-state index contributed by atoms with van der Waals surface area (Å²) < 4.78 is 0. The quantitative estimate of drug-likeness (QED) is 0.795. The van der Waals surface area contributed by atoms with Gasteiger partial charge in [-0.05, 0) is 25.1 Å². The maximum Gasteiger partial charge on any atom is 0.104 e. The summed E-state index contributed by atoms with van der Waals surface area (Å²) >= 11 is 1.62. The first-order chi connectivity index (χ1) is 7.22. The van der Waals surface area contributed by atoms with E-state index in [1.807, 2.05) is 19.1 Å². The third kappa shape index (κ3) is 1.69. The third-order valence-electron chi connectivity index (χ3n) is 2.08. The van der Waals surface area contributed by atoms with E-state index >= 15 is 0 Å². The number of nitrogens with two attached hydrogens (primary N) is 1. The molecule has 0 atom stereocenters. The van der Waals surface area contributed by atoms with Crippen molar-refractivity contribution in [3.05, 3.63) is 34.8 Å². The molecule has 2 heterocycles. The molecule has 2 rings (SSSR count). The lowest BCUT2D eigenvalue weighted by atomic mass is 10.2. The number of thiophene rings is 1. The van der Waals surface area contributed by atoms with Gasteiger partial charge in [0.25, 0.3) is 0 Å². The highest BCUT2D eigenvalue weighted by atomic mass is 32.1. The number of pyridine rings is 1. The van der Waals surface area contributed by atoms with E-state index in [1.165, 1.54) is 4.88 Å². The van der Waals surface area contributed by atoms with Crippen LogP contribution < -0.4 is 5.73 Å². The van der Waals surface area contributed by atoms with Gasteiger partial charge in [0.2, 0.25) is 0 Å². The zero-order chi connectivity index (χ0) is 10.8. The molecule has 0 unspecified atom stereocenters. The normalized spacial score (nSPS) is 9.87. The van der Waals surface area contributed by atoms with Crippen LogP contribution in [0.25, 0.3) is 10.6 Å². The molecule has 2 N–H and O–H groups in total. The zero-order valence-electron chi connectivity index (χ0n) is 8.19. The fourth-order valence-electron chi connectivity index (χ4n) is 1.33. The number of nitrogens with zero attached hydrogens (tertiary/aromatic N) is 2. The van der Waals surface area contributed by atoms with Gasteiger partial charge in [0.05, 0.1) is 16.1 Å². The molecule has 2 aromatic rings. The van der Waals surface area contributed by atoms with Gasteiger partial charge in [0, 0.05) is 11.1 Å². The zero-order valence-corrected chi connectivity index (χ0v) is 9.01. The predicted octanol–water partition coefficient (Wildman–Crippen LogP) is 2.57. The van der Waals surface area contributed by atoms with E-state index in [-0.39, 0.29) is 0 Å². The first kappa shape index (κ1) is 9.69. The lowest BCUT2D eigenvalue weighted by Gasteiger charge is -2.02. The van der Waals surface area contributed by atoms with Crippen LogP contribution in [0, 0.1) is 18.3 Å². The topological polar surface area (TPSA) is 62.7 Å². The van der Waals surface area contributed by atoms with Crippen LogP contribution >= 0.6 is 11.3 Å². The number of hydrogen-bond donors (Lipinski definition) is 1. The van der Waals surface area contributed by atoms with Crippen molar-refractivity contribution < 1.29 is 0 Å². The van der Waals surface area contributed by atoms with E-state index in [0.717, 1.165) is 4.88 Å². The maximum absolute atomic E-state index is 8.84. The van der Waals surface area contributed by atoms with Crippen LogP contribution in [-0.4, -0.2) is 4.98 Å².